The molecule has 1 aromatic carbocycles. The number of halogens is 3. The van der Waals surface area contributed by atoms with Gasteiger partial charge in [0.1, 0.15) is 0 Å². The van der Waals surface area contributed by atoms with Crippen molar-refractivity contribution in [1.29, 1.82) is 0 Å². The van der Waals surface area contributed by atoms with Gasteiger partial charge in [0.15, 0.2) is 0 Å². The van der Waals surface area contributed by atoms with E-state index in [0.717, 1.165) is 6.42 Å². The summed E-state index contributed by atoms with van der Waals surface area (Å²) >= 11 is 0. The zero-order valence-electron chi connectivity index (χ0n) is 17.2. The Morgan fingerprint density at radius 1 is 0.885 bits per heavy atom. The Balaban J connectivity index is -0.000000234. The minimum Gasteiger partial charge on any atom is -1.00 e. The van der Waals surface area contributed by atoms with Gasteiger partial charge in [-0.05, 0) is 62.4 Å². The normalized spacial score (nSPS) is 10.8. The average Bonchev–Trinajstić information content (AvgIpc) is 3.08. The van der Waals surface area contributed by atoms with Crippen molar-refractivity contribution in [3.05, 3.63) is 52.1 Å². The molecule has 0 saturated carbocycles. The van der Waals surface area contributed by atoms with Crippen LogP contribution in [0.15, 0.2) is 18.2 Å². The van der Waals surface area contributed by atoms with Crippen LogP contribution in [0.4, 0.5) is 0 Å². The topological polar surface area (TPSA) is 0 Å². The first-order chi connectivity index (χ1) is 10.4. The van der Waals surface area contributed by atoms with E-state index in [9.17, 15) is 0 Å². The van der Waals surface area contributed by atoms with Gasteiger partial charge < -0.3 is 37.2 Å². The molecule has 0 unspecified atom stereocenters. The zero-order valence-corrected chi connectivity index (χ0v) is 22.0. The quantitative estimate of drug-likeness (QED) is 0.322. The standard InChI is InChI=1S/C16H27Si.C5H5.3ClH.Ti/c1-8-9-10-17(7)16-14(5)12(3)11(2)13(4)15(16)6;1-2-4-5-3-1;;;;/h8-10H2,1-7H3;1-3H,4H2;3*1H;/q;-1;;;;+4/p-3. The first-order valence-corrected chi connectivity index (χ1v) is 10.7. The molecule has 0 fully saturated rings. The molecular weight excluding hydrogens is 435 g/mol. The molecule has 2 rings (SSSR count). The van der Waals surface area contributed by atoms with Crippen LogP contribution in [0.3, 0.4) is 0 Å². The van der Waals surface area contributed by atoms with Crippen LogP contribution < -0.4 is 42.4 Å². The number of allylic oxidation sites excluding steroid dienone is 4. The third-order valence-electron chi connectivity index (χ3n) is 4.92. The van der Waals surface area contributed by atoms with Crippen molar-refractivity contribution in [2.24, 2.45) is 0 Å². The molecular formula is C21H32Cl3SiTi. The molecule has 145 valence electrons. The second kappa shape index (κ2) is 17.6. The summed E-state index contributed by atoms with van der Waals surface area (Å²) in [4.78, 5) is 0. The van der Waals surface area contributed by atoms with Crippen molar-refractivity contribution >= 4 is 14.0 Å². The third kappa shape index (κ3) is 9.62. The molecule has 0 aromatic heterocycles. The first-order valence-electron chi connectivity index (χ1n) is 8.53. The maximum Gasteiger partial charge on any atom is 4.00 e. The zero-order chi connectivity index (χ0) is 16.7. The molecule has 1 radical (unpaired) electrons. The minimum atomic E-state index is -0.351. The molecule has 26 heavy (non-hydrogen) atoms. The Labute approximate surface area is 197 Å². The summed E-state index contributed by atoms with van der Waals surface area (Å²) in [6.07, 6.45) is 12.7. The summed E-state index contributed by atoms with van der Waals surface area (Å²) in [5.41, 5.74) is 7.66. The molecule has 0 amide bonds. The van der Waals surface area contributed by atoms with E-state index in [2.05, 4.69) is 60.2 Å². The summed E-state index contributed by atoms with van der Waals surface area (Å²) in [6, 6.07) is 1.42. The second-order valence-electron chi connectivity index (χ2n) is 6.39. The summed E-state index contributed by atoms with van der Waals surface area (Å²) in [5, 5.41) is 1.71. The molecule has 0 saturated heterocycles. The van der Waals surface area contributed by atoms with E-state index in [4.69, 9.17) is 0 Å². The van der Waals surface area contributed by atoms with Gasteiger partial charge in [-0.25, -0.2) is 12.2 Å². The van der Waals surface area contributed by atoms with Gasteiger partial charge in [-0.3, -0.25) is 6.08 Å². The predicted octanol–water partition coefficient (Wildman–Crippen LogP) is -3.32. The van der Waals surface area contributed by atoms with E-state index < -0.39 is 0 Å². The van der Waals surface area contributed by atoms with Crippen LogP contribution in [0, 0.1) is 40.7 Å². The summed E-state index contributed by atoms with van der Waals surface area (Å²) in [7, 11) is -0.351. The van der Waals surface area contributed by atoms with E-state index in [1.807, 2.05) is 12.2 Å². The first kappa shape index (κ1) is 34.0. The van der Waals surface area contributed by atoms with Gasteiger partial charge in [-0.2, -0.15) is 6.08 Å². The van der Waals surface area contributed by atoms with E-state index in [1.54, 1.807) is 16.3 Å². The van der Waals surface area contributed by atoms with E-state index in [0.29, 0.717) is 0 Å². The summed E-state index contributed by atoms with van der Waals surface area (Å²) in [6.45, 7) is 16.3. The Hall–Kier alpha value is 0.501. The molecule has 0 bridgehead atoms. The Morgan fingerprint density at radius 2 is 1.35 bits per heavy atom. The fourth-order valence-electron chi connectivity index (χ4n) is 3.05. The fraction of sp³-hybridized carbons (Fsp3) is 0.524. The smallest absolute Gasteiger partial charge is 1.00 e. The van der Waals surface area contributed by atoms with Crippen molar-refractivity contribution in [2.75, 3.05) is 0 Å². The van der Waals surface area contributed by atoms with Crippen LogP contribution in [-0.4, -0.2) is 8.80 Å². The largest absolute Gasteiger partial charge is 4.00 e. The molecule has 1 aliphatic rings. The Kier molecular flexibility index (Phi) is 23.0. The summed E-state index contributed by atoms with van der Waals surface area (Å²) in [5.74, 6) is 0. The van der Waals surface area contributed by atoms with Crippen LogP contribution >= 0.6 is 0 Å². The van der Waals surface area contributed by atoms with Gasteiger partial charge >= 0.3 is 21.7 Å². The van der Waals surface area contributed by atoms with Crippen molar-refractivity contribution in [2.45, 2.75) is 73.4 Å². The maximum absolute atomic E-state index is 2.99. The Bertz CT molecular complexity index is 530. The number of rotatable bonds is 4. The number of unbranched alkanes of at least 4 members (excludes halogenated alkanes) is 1. The monoisotopic (exact) mass is 465 g/mol. The van der Waals surface area contributed by atoms with Gasteiger partial charge in [0.2, 0.25) is 0 Å². The average molecular weight is 467 g/mol. The molecule has 5 heteroatoms. The van der Waals surface area contributed by atoms with Crippen LogP contribution in [0.25, 0.3) is 0 Å². The van der Waals surface area contributed by atoms with Crippen molar-refractivity contribution in [1.82, 2.24) is 0 Å². The molecule has 0 nitrogen and oxygen atoms in total. The van der Waals surface area contributed by atoms with Crippen LogP contribution in [-0.2, 0) is 21.7 Å². The van der Waals surface area contributed by atoms with Crippen molar-refractivity contribution in [3.63, 3.8) is 0 Å². The molecule has 0 atom stereocenters. The SMILES string of the molecule is CCCC[Si](C)c1c(C)c(C)c(C)c(C)c1C.[C-]1=CC=CC1.[Cl-].[Cl-].[Cl-].[Ti+4]. The van der Waals surface area contributed by atoms with Crippen LogP contribution in [0.5, 0.6) is 0 Å². The van der Waals surface area contributed by atoms with Crippen molar-refractivity contribution < 1.29 is 58.9 Å². The van der Waals surface area contributed by atoms with E-state index >= 15 is 0 Å². The van der Waals surface area contributed by atoms with Gasteiger partial charge in [-0.15, -0.1) is 6.42 Å². The van der Waals surface area contributed by atoms with Gasteiger partial charge in [0.25, 0.3) is 0 Å². The van der Waals surface area contributed by atoms with Crippen LogP contribution in [0.2, 0.25) is 12.6 Å². The van der Waals surface area contributed by atoms with Gasteiger partial charge in [0.05, 0.1) is 8.80 Å². The van der Waals surface area contributed by atoms with Crippen molar-refractivity contribution in [3.8, 4) is 0 Å². The third-order valence-corrected chi connectivity index (χ3v) is 7.63. The fourth-order valence-corrected chi connectivity index (χ4v) is 5.84. The van der Waals surface area contributed by atoms with E-state index in [-0.39, 0.29) is 67.7 Å². The molecule has 0 spiro atoms. The molecule has 1 aromatic rings. The summed E-state index contributed by atoms with van der Waals surface area (Å²) < 4.78 is 0. The van der Waals surface area contributed by atoms with E-state index in [1.165, 1.54) is 35.6 Å². The molecule has 0 aliphatic heterocycles. The molecule has 0 heterocycles. The minimum absolute atomic E-state index is 0. The number of hydrogen-bond acceptors (Lipinski definition) is 0. The maximum atomic E-state index is 2.99. The molecule has 0 N–H and O–H groups in total. The van der Waals surface area contributed by atoms with Gasteiger partial charge in [0, 0.05) is 0 Å². The molecule has 1 aliphatic carbocycles. The predicted molar refractivity (Wildman–Crippen MR) is 103 cm³/mol. The number of hydrogen-bond donors (Lipinski definition) is 0. The van der Waals surface area contributed by atoms with Crippen LogP contribution in [0.1, 0.15) is 54.0 Å². The Morgan fingerprint density at radius 3 is 1.65 bits per heavy atom. The van der Waals surface area contributed by atoms with Gasteiger partial charge in [-0.1, -0.05) is 37.5 Å². The second-order valence-corrected chi connectivity index (χ2v) is 8.95. The number of benzene rings is 1.